The lowest BCUT2D eigenvalue weighted by Gasteiger charge is -2.19. The zero-order chi connectivity index (χ0) is 18.3. The maximum absolute atomic E-state index is 12.1. The normalized spacial score (nSPS) is 10.8. The van der Waals surface area contributed by atoms with Gasteiger partial charge >= 0.3 is 6.09 Å². The Labute approximate surface area is 147 Å². The van der Waals surface area contributed by atoms with Crippen LogP contribution in [-0.2, 0) is 11.2 Å². The van der Waals surface area contributed by atoms with E-state index in [9.17, 15) is 9.59 Å². The van der Waals surface area contributed by atoms with Crippen molar-refractivity contribution >= 4 is 17.7 Å². The van der Waals surface area contributed by atoms with E-state index in [1.165, 1.54) is 0 Å². The van der Waals surface area contributed by atoms with Gasteiger partial charge in [0.15, 0.2) is 0 Å². The van der Waals surface area contributed by atoms with Crippen molar-refractivity contribution in [3.63, 3.8) is 0 Å². The molecule has 1 aromatic heterocycles. The maximum atomic E-state index is 12.1. The molecule has 2 amide bonds. The predicted octanol–water partition coefficient (Wildman–Crippen LogP) is 3.40. The summed E-state index contributed by atoms with van der Waals surface area (Å²) in [4.78, 5) is 27.9. The number of ether oxygens (including phenoxy) is 1. The fraction of sp³-hybridized carbons (Fsp3) is 0.316. The van der Waals surface area contributed by atoms with Crippen molar-refractivity contribution in [1.29, 1.82) is 0 Å². The van der Waals surface area contributed by atoms with Gasteiger partial charge in [-0.25, -0.2) is 4.79 Å². The molecule has 0 saturated heterocycles. The number of pyridine rings is 1. The van der Waals surface area contributed by atoms with Gasteiger partial charge in [-0.1, -0.05) is 6.07 Å². The van der Waals surface area contributed by atoms with E-state index in [1.807, 2.05) is 12.1 Å². The third-order valence-electron chi connectivity index (χ3n) is 3.21. The van der Waals surface area contributed by atoms with Crippen LogP contribution in [0.25, 0.3) is 0 Å². The smallest absolute Gasteiger partial charge is 0.412 e. The van der Waals surface area contributed by atoms with Crippen LogP contribution in [0.15, 0.2) is 48.8 Å². The van der Waals surface area contributed by atoms with Gasteiger partial charge in [-0.15, -0.1) is 0 Å². The first-order chi connectivity index (χ1) is 11.8. The standard InChI is InChI=1S/C19H23N3O3/c1-19(2,3)25-18(24)22-16-8-6-15(7-9-16)17(23)21-12-10-14-5-4-11-20-13-14/h4-9,11,13H,10,12H2,1-3H3,(H,21,23)(H,22,24). The van der Waals surface area contributed by atoms with Gasteiger partial charge in [-0.2, -0.15) is 0 Å². The second-order valence-electron chi connectivity index (χ2n) is 6.57. The Bertz CT molecular complexity index is 707. The van der Waals surface area contributed by atoms with Gasteiger partial charge < -0.3 is 10.1 Å². The average molecular weight is 341 g/mol. The molecule has 2 N–H and O–H groups in total. The van der Waals surface area contributed by atoms with Gasteiger partial charge in [0.25, 0.3) is 5.91 Å². The molecule has 0 fully saturated rings. The molecule has 0 radical (unpaired) electrons. The summed E-state index contributed by atoms with van der Waals surface area (Å²) in [7, 11) is 0. The highest BCUT2D eigenvalue weighted by atomic mass is 16.6. The highest BCUT2D eigenvalue weighted by Crippen LogP contribution is 2.13. The van der Waals surface area contributed by atoms with E-state index < -0.39 is 11.7 Å². The number of rotatable bonds is 5. The largest absolute Gasteiger partial charge is 0.444 e. The molecule has 2 rings (SSSR count). The van der Waals surface area contributed by atoms with Crippen molar-refractivity contribution in [2.75, 3.05) is 11.9 Å². The van der Waals surface area contributed by atoms with E-state index in [2.05, 4.69) is 15.6 Å². The molecule has 0 saturated carbocycles. The Hall–Kier alpha value is -2.89. The SMILES string of the molecule is CC(C)(C)OC(=O)Nc1ccc(C(=O)NCCc2cccnc2)cc1. The lowest BCUT2D eigenvalue weighted by molar-refractivity contribution is 0.0635. The summed E-state index contributed by atoms with van der Waals surface area (Å²) in [6.07, 6.45) is 3.69. The Kier molecular flexibility index (Phi) is 6.11. The van der Waals surface area contributed by atoms with Crippen LogP contribution >= 0.6 is 0 Å². The first-order valence-electron chi connectivity index (χ1n) is 8.11. The zero-order valence-electron chi connectivity index (χ0n) is 14.7. The van der Waals surface area contributed by atoms with Crippen molar-refractivity contribution in [2.24, 2.45) is 0 Å². The number of nitrogens with zero attached hydrogens (tertiary/aromatic N) is 1. The summed E-state index contributed by atoms with van der Waals surface area (Å²) < 4.78 is 5.18. The molecule has 0 spiro atoms. The van der Waals surface area contributed by atoms with Gasteiger partial charge in [0, 0.05) is 30.2 Å². The lowest BCUT2D eigenvalue weighted by atomic mass is 10.1. The van der Waals surface area contributed by atoms with E-state index in [0.717, 1.165) is 12.0 Å². The van der Waals surface area contributed by atoms with Crippen LogP contribution < -0.4 is 10.6 Å². The molecule has 0 unspecified atom stereocenters. The average Bonchev–Trinajstić information content (AvgIpc) is 2.54. The molecule has 0 aliphatic carbocycles. The molecule has 6 heteroatoms. The van der Waals surface area contributed by atoms with Gasteiger partial charge in [0.1, 0.15) is 5.60 Å². The number of anilines is 1. The Morgan fingerprint density at radius 3 is 2.44 bits per heavy atom. The van der Waals surface area contributed by atoms with Crippen LogP contribution in [0.1, 0.15) is 36.7 Å². The lowest BCUT2D eigenvalue weighted by Crippen LogP contribution is -2.27. The van der Waals surface area contributed by atoms with Gasteiger partial charge in [-0.3, -0.25) is 15.1 Å². The molecular weight excluding hydrogens is 318 g/mol. The molecule has 0 atom stereocenters. The minimum Gasteiger partial charge on any atom is -0.444 e. The number of benzene rings is 1. The minimum absolute atomic E-state index is 0.160. The first-order valence-corrected chi connectivity index (χ1v) is 8.11. The monoisotopic (exact) mass is 341 g/mol. The molecular formula is C19H23N3O3. The third-order valence-corrected chi connectivity index (χ3v) is 3.21. The van der Waals surface area contributed by atoms with Crippen molar-refractivity contribution in [3.8, 4) is 0 Å². The van der Waals surface area contributed by atoms with Crippen molar-refractivity contribution in [3.05, 3.63) is 59.9 Å². The number of carbonyl (C=O) groups is 2. The molecule has 6 nitrogen and oxygen atoms in total. The first kappa shape index (κ1) is 18.4. The summed E-state index contributed by atoms with van der Waals surface area (Å²) in [5.74, 6) is -0.160. The Morgan fingerprint density at radius 2 is 1.84 bits per heavy atom. The number of carbonyl (C=O) groups excluding carboxylic acids is 2. The quantitative estimate of drug-likeness (QED) is 0.873. The van der Waals surface area contributed by atoms with E-state index in [4.69, 9.17) is 4.74 Å². The summed E-state index contributed by atoms with van der Waals surface area (Å²) in [5.41, 5.74) is 1.61. The predicted molar refractivity (Wildman–Crippen MR) is 96.6 cm³/mol. The fourth-order valence-corrected chi connectivity index (χ4v) is 2.09. The van der Waals surface area contributed by atoms with Gasteiger partial charge in [0.05, 0.1) is 0 Å². The number of nitrogens with one attached hydrogen (secondary N) is 2. The van der Waals surface area contributed by atoms with Crippen LogP contribution in [0.5, 0.6) is 0 Å². The van der Waals surface area contributed by atoms with Crippen LogP contribution in [0.3, 0.4) is 0 Å². The van der Waals surface area contributed by atoms with E-state index >= 15 is 0 Å². The second kappa shape index (κ2) is 8.28. The van der Waals surface area contributed by atoms with Crippen molar-refractivity contribution < 1.29 is 14.3 Å². The minimum atomic E-state index is -0.557. The molecule has 132 valence electrons. The van der Waals surface area contributed by atoms with Crippen molar-refractivity contribution in [1.82, 2.24) is 10.3 Å². The van der Waals surface area contributed by atoms with Crippen LogP contribution in [0, 0.1) is 0 Å². The van der Waals surface area contributed by atoms with Gasteiger partial charge in [-0.05, 0) is 63.1 Å². The van der Waals surface area contributed by atoms with Crippen LogP contribution in [0.4, 0.5) is 10.5 Å². The number of hydrogen-bond acceptors (Lipinski definition) is 4. The molecule has 0 bridgehead atoms. The molecule has 2 aromatic rings. The highest BCUT2D eigenvalue weighted by Gasteiger charge is 2.16. The van der Waals surface area contributed by atoms with E-state index in [-0.39, 0.29) is 5.91 Å². The number of aromatic nitrogens is 1. The van der Waals surface area contributed by atoms with Crippen molar-refractivity contribution in [2.45, 2.75) is 32.8 Å². The molecule has 0 aliphatic rings. The number of hydrogen-bond donors (Lipinski definition) is 2. The van der Waals surface area contributed by atoms with E-state index in [0.29, 0.717) is 17.8 Å². The van der Waals surface area contributed by atoms with E-state index in [1.54, 1.807) is 57.4 Å². The molecule has 25 heavy (non-hydrogen) atoms. The summed E-state index contributed by atoms with van der Waals surface area (Å²) in [6.45, 7) is 5.92. The summed E-state index contributed by atoms with van der Waals surface area (Å²) in [5, 5.41) is 5.49. The Morgan fingerprint density at radius 1 is 1.12 bits per heavy atom. The molecule has 1 aromatic carbocycles. The maximum Gasteiger partial charge on any atom is 0.412 e. The van der Waals surface area contributed by atoms with Crippen LogP contribution in [-0.4, -0.2) is 29.1 Å². The summed E-state index contributed by atoms with van der Waals surface area (Å²) >= 11 is 0. The zero-order valence-corrected chi connectivity index (χ0v) is 14.7. The Balaban J connectivity index is 1.82. The molecule has 1 heterocycles. The third kappa shape index (κ3) is 6.63. The summed E-state index contributed by atoms with van der Waals surface area (Å²) in [6, 6.07) is 10.5. The molecule has 0 aliphatic heterocycles. The van der Waals surface area contributed by atoms with Crippen LogP contribution in [0.2, 0.25) is 0 Å². The highest BCUT2D eigenvalue weighted by molar-refractivity contribution is 5.95. The fourth-order valence-electron chi connectivity index (χ4n) is 2.09. The topological polar surface area (TPSA) is 80.3 Å². The number of amides is 2. The second-order valence-corrected chi connectivity index (χ2v) is 6.57. The van der Waals surface area contributed by atoms with Gasteiger partial charge in [0.2, 0.25) is 0 Å².